The quantitative estimate of drug-likeness (QED) is 0.895. The van der Waals surface area contributed by atoms with Crippen LogP contribution in [0.3, 0.4) is 0 Å². The molecule has 7 nitrogen and oxygen atoms in total. The number of likely N-dealkylation sites (tertiary alicyclic amines) is 1. The molecule has 2 aliphatic rings. The summed E-state index contributed by atoms with van der Waals surface area (Å²) in [4.78, 5) is 27.9. The van der Waals surface area contributed by atoms with Gasteiger partial charge in [0.25, 0.3) is 0 Å². The number of ether oxygens (including phenoxy) is 1. The predicted octanol–water partition coefficient (Wildman–Crippen LogP) is 2.75. The highest BCUT2D eigenvalue weighted by Crippen LogP contribution is 2.29. The molecule has 0 spiro atoms. The minimum absolute atomic E-state index is 0.142. The van der Waals surface area contributed by atoms with E-state index in [9.17, 15) is 4.79 Å². The highest BCUT2D eigenvalue weighted by molar-refractivity contribution is 5.79. The summed E-state index contributed by atoms with van der Waals surface area (Å²) in [5.74, 6) is 2.09. The normalized spacial score (nSPS) is 19.0. The molecular weight excluding hydrogens is 342 g/mol. The van der Waals surface area contributed by atoms with Crippen LogP contribution in [0.1, 0.15) is 37.3 Å². The van der Waals surface area contributed by atoms with Gasteiger partial charge in [-0.2, -0.15) is 0 Å². The Kier molecular flexibility index (Phi) is 5.58. The lowest BCUT2D eigenvalue weighted by Crippen LogP contribution is -2.42. The van der Waals surface area contributed by atoms with E-state index >= 15 is 0 Å². The number of aromatic nitrogens is 3. The number of hydrogen-bond acceptors (Lipinski definition) is 6. The van der Waals surface area contributed by atoms with Crippen LogP contribution in [0.25, 0.3) is 0 Å². The highest BCUT2D eigenvalue weighted by Gasteiger charge is 2.30. The summed E-state index contributed by atoms with van der Waals surface area (Å²) in [6.45, 7) is 3.02. The largest absolute Gasteiger partial charge is 0.381 e. The Labute approximate surface area is 159 Å². The van der Waals surface area contributed by atoms with Crippen LogP contribution in [0.15, 0.2) is 36.7 Å². The molecule has 0 saturated carbocycles. The minimum Gasteiger partial charge on any atom is -0.381 e. The molecule has 0 aromatic carbocycles. The number of nitrogens with one attached hydrogen (secondary N) is 1. The first kappa shape index (κ1) is 17.9. The summed E-state index contributed by atoms with van der Waals surface area (Å²) in [5, 5.41) is 3.14. The Balaban J connectivity index is 1.35. The molecule has 142 valence electrons. The number of amides is 1. The molecule has 2 aliphatic heterocycles. The second-order valence-corrected chi connectivity index (χ2v) is 7.13. The molecule has 0 aliphatic carbocycles. The number of anilines is 2. The second kappa shape index (κ2) is 8.43. The molecule has 4 rings (SSSR count). The second-order valence-electron chi connectivity index (χ2n) is 7.13. The summed E-state index contributed by atoms with van der Waals surface area (Å²) < 4.78 is 5.37. The van der Waals surface area contributed by atoms with Crippen molar-refractivity contribution in [1.29, 1.82) is 0 Å². The number of rotatable bonds is 4. The summed E-state index contributed by atoms with van der Waals surface area (Å²) in [6, 6.07) is 7.66. The van der Waals surface area contributed by atoms with Gasteiger partial charge in [-0.15, -0.1) is 0 Å². The van der Waals surface area contributed by atoms with Crippen molar-refractivity contribution in [3.05, 3.63) is 42.4 Å². The molecule has 1 N–H and O–H groups in total. The zero-order valence-corrected chi connectivity index (χ0v) is 15.4. The van der Waals surface area contributed by atoms with E-state index in [4.69, 9.17) is 4.74 Å². The Morgan fingerprint density at radius 2 is 1.85 bits per heavy atom. The maximum Gasteiger partial charge on any atom is 0.228 e. The monoisotopic (exact) mass is 367 g/mol. The molecule has 1 amide bonds. The van der Waals surface area contributed by atoms with Crippen molar-refractivity contribution in [1.82, 2.24) is 19.9 Å². The van der Waals surface area contributed by atoms with Gasteiger partial charge in [-0.25, -0.2) is 15.0 Å². The van der Waals surface area contributed by atoms with Crippen LogP contribution >= 0.6 is 0 Å². The molecule has 0 radical (unpaired) electrons. The van der Waals surface area contributed by atoms with Crippen molar-refractivity contribution >= 4 is 17.7 Å². The molecule has 0 unspecified atom stereocenters. The molecule has 0 bridgehead atoms. The van der Waals surface area contributed by atoms with Crippen LogP contribution < -0.4 is 5.32 Å². The van der Waals surface area contributed by atoms with Crippen molar-refractivity contribution in [3.8, 4) is 0 Å². The molecule has 2 aromatic heterocycles. The van der Waals surface area contributed by atoms with E-state index in [-0.39, 0.29) is 5.92 Å². The van der Waals surface area contributed by atoms with Crippen LogP contribution in [0.5, 0.6) is 0 Å². The first-order valence-electron chi connectivity index (χ1n) is 9.67. The molecule has 2 aromatic rings. The Morgan fingerprint density at radius 3 is 2.59 bits per heavy atom. The fourth-order valence-corrected chi connectivity index (χ4v) is 3.81. The number of hydrogen-bond donors (Lipinski definition) is 1. The smallest absolute Gasteiger partial charge is 0.228 e. The molecule has 2 fully saturated rings. The molecule has 2 saturated heterocycles. The molecule has 4 heterocycles. The van der Waals surface area contributed by atoms with Crippen LogP contribution in [-0.2, 0) is 9.53 Å². The van der Waals surface area contributed by atoms with Crippen molar-refractivity contribution in [2.45, 2.75) is 31.6 Å². The highest BCUT2D eigenvalue weighted by atomic mass is 16.5. The zero-order valence-electron chi connectivity index (χ0n) is 15.4. The predicted molar refractivity (Wildman–Crippen MR) is 102 cm³/mol. The molecule has 7 heteroatoms. The third kappa shape index (κ3) is 4.42. The fraction of sp³-hybridized carbons (Fsp3) is 0.500. The van der Waals surface area contributed by atoms with E-state index in [1.807, 2.05) is 29.2 Å². The molecule has 0 atom stereocenters. The van der Waals surface area contributed by atoms with Gasteiger partial charge >= 0.3 is 0 Å². The van der Waals surface area contributed by atoms with Crippen LogP contribution in [0, 0.1) is 5.92 Å². The summed E-state index contributed by atoms with van der Waals surface area (Å²) >= 11 is 0. The van der Waals surface area contributed by atoms with Crippen LogP contribution in [-0.4, -0.2) is 52.1 Å². The standard InChI is InChI=1S/C20H25N5O2/c26-19(16-7-13-27-14-8-16)25-11-5-15(6-12-25)17-4-10-22-20(23-17)24-18-3-1-2-9-21-18/h1-4,9-10,15-16H,5-8,11-14H2,(H,21,22,23,24). The van der Waals surface area contributed by atoms with Gasteiger partial charge in [-0.3, -0.25) is 4.79 Å². The van der Waals surface area contributed by atoms with Crippen LogP contribution in [0.4, 0.5) is 11.8 Å². The average molecular weight is 367 g/mol. The fourth-order valence-electron chi connectivity index (χ4n) is 3.81. The van der Waals surface area contributed by atoms with E-state index in [1.165, 1.54) is 0 Å². The van der Waals surface area contributed by atoms with E-state index < -0.39 is 0 Å². The summed E-state index contributed by atoms with van der Waals surface area (Å²) in [7, 11) is 0. The van der Waals surface area contributed by atoms with E-state index in [1.54, 1.807) is 12.4 Å². The lowest BCUT2D eigenvalue weighted by atomic mass is 9.91. The SMILES string of the molecule is O=C(C1CCOCC1)N1CCC(c2ccnc(Nc3ccccn3)n2)CC1. The number of carbonyl (C=O) groups excluding carboxylic acids is 1. The van der Waals surface area contributed by atoms with Crippen molar-refractivity contribution in [2.75, 3.05) is 31.6 Å². The van der Waals surface area contributed by atoms with Gasteiger partial charge in [0.05, 0.1) is 0 Å². The number of nitrogens with zero attached hydrogens (tertiary/aromatic N) is 4. The van der Waals surface area contributed by atoms with Crippen molar-refractivity contribution in [3.63, 3.8) is 0 Å². The van der Waals surface area contributed by atoms with Gasteiger partial charge in [-0.05, 0) is 43.9 Å². The third-order valence-electron chi connectivity index (χ3n) is 5.38. The Bertz CT molecular complexity index is 756. The van der Waals surface area contributed by atoms with Gasteiger partial charge in [-0.1, -0.05) is 6.07 Å². The number of pyridine rings is 1. The van der Waals surface area contributed by atoms with Gasteiger partial charge in [0.15, 0.2) is 0 Å². The van der Waals surface area contributed by atoms with Gasteiger partial charge in [0, 0.05) is 56.2 Å². The maximum atomic E-state index is 12.7. The summed E-state index contributed by atoms with van der Waals surface area (Å²) in [5.41, 5.74) is 1.03. The lowest BCUT2D eigenvalue weighted by Gasteiger charge is -2.35. The topological polar surface area (TPSA) is 80.2 Å². The van der Waals surface area contributed by atoms with Crippen molar-refractivity contribution < 1.29 is 9.53 Å². The third-order valence-corrected chi connectivity index (χ3v) is 5.38. The maximum absolute atomic E-state index is 12.7. The van der Waals surface area contributed by atoms with Crippen LogP contribution in [0.2, 0.25) is 0 Å². The lowest BCUT2D eigenvalue weighted by molar-refractivity contribution is -0.139. The van der Waals surface area contributed by atoms with Crippen molar-refractivity contribution in [2.24, 2.45) is 5.92 Å². The minimum atomic E-state index is 0.142. The Hall–Kier alpha value is -2.54. The van der Waals surface area contributed by atoms with E-state index in [0.29, 0.717) is 31.0 Å². The zero-order chi connectivity index (χ0) is 18.5. The molecule has 27 heavy (non-hydrogen) atoms. The van der Waals surface area contributed by atoms with E-state index in [2.05, 4.69) is 20.3 Å². The van der Waals surface area contributed by atoms with E-state index in [0.717, 1.165) is 50.3 Å². The first-order chi connectivity index (χ1) is 13.3. The Morgan fingerprint density at radius 1 is 1.04 bits per heavy atom. The number of carbonyl (C=O) groups is 1. The average Bonchev–Trinajstić information content (AvgIpc) is 2.75. The van der Waals surface area contributed by atoms with Gasteiger partial charge in [0.2, 0.25) is 11.9 Å². The first-order valence-corrected chi connectivity index (χ1v) is 9.67. The summed E-state index contributed by atoms with van der Waals surface area (Å²) in [6.07, 6.45) is 7.11. The van der Waals surface area contributed by atoms with Gasteiger partial charge < -0.3 is 15.0 Å². The van der Waals surface area contributed by atoms with Gasteiger partial charge in [0.1, 0.15) is 5.82 Å². The molecular formula is C20H25N5O2. The number of piperidine rings is 1.